The number of rotatable bonds is 3. The lowest BCUT2D eigenvalue weighted by Gasteiger charge is -2.05. The van der Waals surface area contributed by atoms with Crippen LogP contribution in [0.4, 0.5) is 10.1 Å². The first-order chi connectivity index (χ1) is 8.47. The standard InChI is InChI=1S/C13H15ClFN3/c1-8(2)6-18-7-9(5-17-18)10-3-13(16)11(14)4-12(10)15/h3-5,7-8H,6,16H2,1-2H3. The predicted octanol–water partition coefficient (Wildman–Crippen LogP) is 3.58. The zero-order valence-electron chi connectivity index (χ0n) is 10.3. The van der Waals surface area contributed by atoms with Crippen LogP contribution in [0.1, 0.15) is 13.8 Å². The third-order valence-electron chi connectivity index (χ3n) is 2.58. The van der Waals surface area contributed by atoms with Crippen LogP contribution >= 0.6 is 11.6 Å². The van der Waals surface area contributed by atoms with E-state index in [0.717, 1.165) is 6.54 Å². The van der Waals surface area contributed by atoms with Crippen LogP contribution in [0, 0.1) is 11.7 Å². The second-order valence-electron chi connectivity index (χ2n) is 4.70. The largest absolute Gasteiger partial charge is 0.398 e. The van der Waals surface area contributed by atoms with Crippen molar-refractivity contribution in [2.45, 2.75) is 20.4 Å². The van der Waals surface area contributed by atoms with Gasteiger partial charge in [-0.05, 0) is 18.1 Å². The fourth-order valence-electron chi connectivity index (χ4n) is 1.76. The van der Waals surface area contributed by atoms with Crippen molar-refractivity contribution in [3.05, 3.63) is 35.4 Å². The van der Waals surface area contributed by atoms with Gasteiger partial charge in [0.1, 0.15) is 5.82 Å². The Morgan fingerprint density at radius 1 is 1.44 bits per heavy atom. The molecule has 0 unspecified atom stereocenters. The van der Waals surface area contributed by atoms with Gasteiger partial charge in [-0.3, -0.25) is 4.68 Å². The monoisotopic (exact) mass is 267 g/mol. The first-order valence-corrected chi connectivity index (χ1v) is 6.12. The summed E-state index contributed by atoms with van der Waals surface area (Å²) in [6.45, 7) is 5.00. The number of nitrogens with zero attached hydrogens (tertiary/aromatic N) is 2. The van der Waals surface area contributed by atoms with Crippen LogP contribution in [-0.4, -0.2) is 9.78 Å². The molecule has 0 aliphatic carbocycles. The van der Waals surface area contributed by atoms with Gasteiger partial charge in [0.2, 0.25) is 0 Å². The predicted molar refractivity (Wildman–Crippen MR) is 71.9 cm³/mol. The average Bonchev–Trinajstić information content (AvgIpc) is 2.70. The molecule has 2 aromatic rings. The van der Waals surface area contributed by atoms with Gasteiger partial charge in [-0.1, -0.05) is 25.4 Å². The maximum absolute atomic E-state index is 13.8. The number of nitrogen functional groups attached to an aromatic ring is 1. The fourth-order valence-corrected chi connectivity index (χ4v) is 1.91. The number of nitrogens with two attached hydrogens (primary N) is 1. The zero-order chi connectivity index (χ0) is 13.3. The summed E-state index contributed by atoms with van der Waals surface area (Å²) in [5.41, 5.74) is 7.18. The average molecular weight is 268 g/mol. The lowest BCUT2D eigenvalue weighted by atomic mass is 10.1. The summed E-state index contributed by atoms with van der Waals surface area (Å²) in [7, 11) is 0. The molecule has 2 N–H and O–H groups in total. The Hall–Kier alpha value is -1.55. The first-order valence-electron chi connectivity index (χ1n) is 5.74. The number of halogens is 2. The molecule has 0 atom stereocenters. The highest BCUT2D eigenvalue weighted by molar-refractivity contribution is 6.33. The van der Waals surface area contributed by atoms with E-state index in [9.17, 15) is 4.39 Å². The Morgan fingerprint density at radius 3 is 2.83 bits per heavy atom. The minimum Gasteiger partial charge on any atom is -0.398 e. The van der Waals surface area contributed by atoms with E-state index >= 15 is 0 Å². The van der Waals surface area contributed by atoms with Gasteiger partial charge in [0.05, 0.1) is 16.9 Å². The van der Waals surface area contributed by atoms with Gasteiger partial charge < -0.3 is 5.73 Å². The molecule has 0 spiro atoms. The van der Waals surface area contributed by atoms with E-state index in [4.69, 9.17) is 17.3 Å². The van der Waals surface area contributed by atoms with Crippen LogP contribution in [0.5, 0.6) is 0 Å². The van der Waals surface area contributed by atoms with E-state index < -0.39 is 5.82 Å². The molecule has 1 aromatic heterocycles. The normalized spacial score (nSPS) is 11.2. The molecule has 0 amide bonds. The first kappa shape index (κ1) is 12.9. The van der Waals surface area contributed by atoms with E-state index in [2.05, 4.69) is 18.9 Å². The van der Waals surface area contributed by atoms with Gasteiger partial charge >= 0.3 is 0 Å². The Labute approximate surface area is 110 Å². The molecule has 3 nitrogen and oxygen atoms in total. The Bertz CT molecular complexity index is 563. The summed E-state index contributed by atoms with van der Waals surface area (Å²) in [5.74, 6) is 0.0937. The van der Waals surface area contributed by atoms with Gasteiger partial charge in [-0.25, -0.2) is 4.39 Å². The second kappa shape index (κ2) is 4.98. The highest BCUT2D eigenvalue weighted by Crippen LogP contribution is 2.29. The molecule has 0 bridgehead atoms. The van der Waals surface area contributed by atoms with Crippen LogP contribution in [0.2, 0.25) is 5.02 Å². The van der Waals surface area contributed by atoms with Crippen LogP contribution in [0.3, 0.4) is 0 Å². The quantitative estimate of drug-likeness (QED) is 0.864. The van der Waals surface area contributed by atoms with Crippen molar-refractivity contribution in [2.75, 3.05) is 5.73 Å². The fraction of sp³-hybridized carbons (Fsp3) is 0.308. The second-order valence-corrected chi connectivity index (χ2v) is 5.11. The van der Waals surface area contributed by atoms with Crippen molar-refractivity contribution in [1.29, 1.82) is 0 Å². The summed E-state index contributed by atoms with van der Waals surface area (Å²) in [6.07, 6.45) is 3.44. The molecule has 1 aromatic carbocycles. The molecular formula is C13H15ClFN3. The summed E-state index contributed by atoms with van der Waals surface area (Å²) in [4.78, 5) is 0. The van der Waals surface area contributed by atoms with Crippen molar-refractivity contribution in [3.8, 4) is 11.1 Å². The Morgan fingerprint density at radius 2 is 2.17 bits per heavy atom. The van der Waals surface area contributed by atoms with Crippen LogP contribution in [-0.2, 0) is 6.54 Å². The van der Waals surface area contributed by atoms with Crippen LogP contribution in [0.25, 0.3) is 11.1 Å². The van der Waals surface area contributed by atoms with Gasteiger partial charge in [-0.15, -0.1) is 0 Å². The molecular weight excluding hydrogens is 253 g/mol. The molecule has 18 heavy (non-hydrogen) atoms. The summed E-state index contributed by atoms with van der Waals surface area (Å²) in [5, 5.41) is 4.43. The SMILES string of the molecule is CC(C)Cn1cc(-c2cc(N)c(Cl)cc2F)cn1. The van der Waals surface area contributed by atoms with Gasteiger partial charge in [0.15, 0.2) is 0 Å². The van der Waals surface area contributed by atoms with Crippen molar-refractivity contribution in [1.82, 2.24) is 9.78 Å². The van der Waals surface area contributed by atoms with Crippen molar-refractivity contribution in [3.63, 3.8) is 0 Å². The maximum atomic E-state index is 13.8. The summed E-state index contributed by atoms with van der Waals surface area (Å²) >= 11 is 5.76. The molecule has 0 saturated heterocycles. The number of aromatic nitrogens is 2. The molecule has 0 aliphatic heterocycles. The van der Waals surface area contributed by atoms with Crippen LogP contribution in [0.15, 0.2) is 24.5 Å². The molecule has 0 radical (unpaired) electrons. The topological polar surface area (TPSA) is 43.8 Å². The highest BCUT2D eigenvalue weighted by Gasteiger charge is 2.11. The molecule has 5 heteroatoms. The maximum Gasteiger partial charge on any atom is 0.132 e. The molecule has 0 aliphatic rings. The number of benzene rings is 1. The van der Waals surface area contributed by atoms with Gasteiger partial charge in [0.25, 0.3) is 0 Å². The number of hydrogen-bond acceptors (Lipinski definition) is 2. The van der Waals surface area contributed by atoms with Crippen molar-refractivity contribution >= 4 is 17.3 Å². The summed E-state index contributed by atoms with van der Waals surface area (Å²) in [6, 6.07) is 2.76. The molecule has 1 heterocycles. The minimum atomic E-state index is -0.390. The Kier molecular flexibility index (Phi) is 3.57. The lowest BCUT2D eigenvalue weighted by Crippen LogP contribution is -2.04. The lowest BCUT2D eigenvalue weighted by molar-refractivity contribution is 0.483. The molecule has 2 rings (SSSR count). The minimum absolute atomic E-state index is 0.228. The third-order valence-corrected chi connectivity index (χ3v) is 2.91. The van der Waals surface area contributed by atoms with E-state index in [1.54, 1.807) is 10.9 Å². The van der Waals surface area contributed by atoms with Gasteiger partial charge in [-0.2, -0.15) is 5.10 Å². The zero-order valence-corrected chi connectivity index (χ0v) is 11.1. The third kappa shape index (κ3) is 2.64. The molecule has 0 fully saturated rings. The smallest absolute Gasteiger partial charge is 0.132 e. The van der Waals surface area contributed by atoms with E-state index in [-0.39, 0.29) is 5.02 Å². The Balaban J connectivity index is 2.37. The van der Waals surface area contributed by atoms with Crippen molar-refractivity contribution in [2.24, 2.45) is 5.92 Å². The molecule has 0 saturated carbocycles. The van der Waals surface area contributed by atoms with E-state index in [0.29, 0.717) is 22.7 Å². The molecule has 96 valence electrons. The highest BCUT2D eigenvalue weighted by atomic mass is 35.5. The summed E-state index contributed by atoms with van der Waals surface area (Å²) < 4.78 is 15.6. The van der Waals surface area contributed by atoms with E-state index in [1.807, 2.05) is 6.20 Å². The van der Waals surface area contributed by atoms with Crippen LogP contribution < -0.4 is 5.73 Å². The van der Waals surface area contributed by atoms with Gasteiger partial charge in [0, 0.05) is 23.9 Å². The number of anilines is 1. The van der Waals surface area contributed by atoms with Crippen molar-refractivity contribution < 1.29 is 4.39 Å². The number of hydrogen-bond donors (Lipinski definition) is 1. The van der Waals surface area contributed by atoms with E-state index in [1.165, 1.54) is 12.1 Å².